The van der Waals surface area contributed by atoms with Crippen LogP contribution in [0.1, 0.15) is 47.0 Å². The first-order valence-electron chi connectivity index (χ1n) is 11.8. The van der Waals surface area contributed by atoms with Crippen molar-refractivity contribution in [3.63, 3.8) is 0 Å². The largest absolute Gasteiger partial charge is 0.465 e. The fourth-order valence-corrected chi connectivity index (χ4v) is 8.26. The number of rotatable bonds is 10. The summed E-state index contributed by atoms with van der Waals surface area (Å²) in [6, 6.07) is -0.684. The number of likely N-dealkylation sites (tertiary alicyclic amines) is 1. The van der Waals surface area contributed by atoms with Crippen LogP contribution < -0.4 is 0 Å². The number of amides is 2. The van der Waals surface area contributed by atoms with Crippen molar-refractivity contribution in [2.75, 3.05) is 26.3 Å². The second kappa shape index (κ2) is 9.82. The third-order valence-corrected chi connectivity index (χ3v) is 9.34. The van der Waals surface area contributed by atoms with Crippen molar-refractivity contribution in [1.29, 1.82) is 0 Å². The van der Waals surface area contributed by atoms with E-state index in [9.17, 15) is 19.5 Å². The zero-order valence-electron chi connectivity index (χ0n) is 20.3. The number of aliphatic hydroxyl groups is 1. The number of thioether (sulfide) groups is 1. The minimum absolute atomic E-state index is 0.0389. The van der Waals surface area contributed by atoms with E-state index in [0.29, 0.717) is 19.4 Å². The number of ether oxygens (including phenoxy) is 1. The smallest absolute Gasteiger partial charge is 0.310 e. The molecule has 3 aliphatic rings. The van der Waals surface area contributed by atoms with Gasteiger partial charge in [-0.15, -0.1) is 24.9 Å². The lowest BCUT2D eigenvalue weighted by Crippen LogP contribution is -2.60. The van der Waals surface area contributed by atoms with E-state index in [2.05, 4.69) is 20.1 Å². The molecule has 3 fully saturated rings. The van der Waals surface area contributed by atoms with Crippen LogP contribution in [0.4, 0.5) is 0 Å². The molecule has 33 heavy (non-hydrogen) atoms. The molecule has 0 saturated carbocycles. The molecule has 0 aliphatic carbocycles. The number of esters is 1. The Morgan fingerprint density at radius 3 is 2.61 bits per heavy atom. The van der Waals surface area contributed by atoms with Crippen LogP contribution in [-0.4, -0.2) is 80.6 Å². The zero-order chi connectivity index (χ0) is 24.6. The van der Waals surface area contributed by atoms with Gasteiger partial charge in [-0.25, -0.2) is 0 Å². The highest BCUT2D eigenvalue weighted by molar-refractivity contribution is 8.02. The van der Waals surface area contributed by atoms with E-state index in [1.807, 2.05) is 20.8 Å². The summed E-state index contributed by atoms with van der Waals surface area (Å²) in [6.07, 6.45) is 5.10. The van der Waals surface area contributed by atoms with Gasteiger partial charge in [-0.05, 0) is 46.0 Å². The number of carbonyl (C=O) groups is 3. The molecule has 7 nitrogen and oxygen atoms in total. The summed E-state index contributed by atoms with van der Waals surface area (Å²) in [5, 5.41) is 9.43. The first-order valence-corrected chi connectivity index (χ1v) is 12.7. The van der Waals surface area contributed by atoms with E-state index in [1.54, 1.807) is 33.7 Å². The lowest BCUT2D eigenvalue weighted by atomic mass is 9.66. The van der Waals surface area contributed by atoms with E-state index in [0.717, 1.165) is 6.42 Å². The molecule has 3 saturated heterocycles. The van der Waals surface area contributed by atoms with Gasteiger partial charge in [0.05, 0.1) is 23.2 Å². The predicted molar refractivity (Wildman–Crippen MR) is 130 cm³/mol. The number of fused-ring (bicyclic) bond motifs is 1. The highest BCUT2D eigenvalue weighted by Gasteiger charge is 2.76. The number of hydrogen-bond acceptors (Lipinski definition) is 6. The van der Waals surface area contributed by atoms with Crippen LogP contribution in [0.25, 0.3) is 0 Å². The van der Waals surface area contributed by atoms with E-state index in [1.165, 1.54) is 0 Å². The first kappa shape index (κ1) is 25.8. The van der Waals surface area contributed by atoms with Gasteiger partial charge in [0.1, 0.15) is 6.04 Å². The topological polar surface area (TPSA) is 87.1 Å². The van der Waals surface area contributed by atoms with E-state index in [4.69, 9.17) is 4.74 Å². The molecule has 0 aromatic heterocycles. The number of aliphatic hydroxyl groups excluding tert-OH is 1. The molecule has 0 aromatic rings. The molecule has 3 heterocycles. The molecule has 0 aromatic carbocycles. The van der Waals surface area contributed by atoms with Gasteiger partial charge in [-0.2, -0.15) is 0 Å². The van der Waals surface area contributed by atoms with Gasteiger partial charge in [0.2, 0.25) is 11.8 Å². The van der Waals surface area contributed by atoms with Gasteiger partial charge < -0.3 is 19.6 Å². The molecule has 1 spiro atoms. The third-order valence-electron chi connectivity index (χ3n) is 7.26. The minimum Gasteiger partial charge on any atom is -0.465 e. The molecule has 1 N–H and O–H groups in total. The molecule has 3 unspecified atom stereocenters. The Labute approximate surface area is 201 Å². The standard InChI is InChI=1S/C25H38N2O5S/c1-7-9-14-32-23(31)18-17-15-16(3)25(33-17)19(18)21(29)26(12-10-13-28)20(25)22(30)27(11-8-2)24(4,5)6/h7-8,16-20,28H,1-2,9-15H2,3-6H3/t16?,17-,18+,19+,20?,25?/m1/s1. The maximum atomic E-state index is 14.1. The van der Waals surface area contributed by atoms with Crippen molar-refractivity contribution in [2.24, 2.45) is 17.8 Å². The Kier molecular flexibility index (Phi) is 7.68. The van der Waals surface area contributed by atoms with Crippen LogP contribution >= 0.6 is 11.8 Å². The monoisotopic (exact) mass is 478 g/mol. The number of carbonyl (C=O) groups excluding carboxylic acids is 3. The summed E-state index contributed by atoms with van der Waals surface area (Å²) in [5.74, 6) is -1.68. The van der Waals surface area contributed by atoms with E-state index < -0.39 is 28.2 Å². The normalized spacial score (nSPS) is 32.6. The molecule has 3 aliphatic heterocycles. The summed E-state index contributed by atoms with van der Waals surface area (Å²) in [5.41, 5.74) is -0.459. The number of nitrogens with zero attached hydrogens (tertiary/aromatic N) is 2. The lowest BCUT2D eigenvalue weighted by Gasteiger charge is -2.44. The fourth-order valence-electron chi connectivity index (χ4n) is 5.86. The summed E-state index contributed by atoms with van der Waals surface area (Å²) in [6.45, 7) is 16.3. The van der Waals surface area contributed by atoms with Crippen LogP contribution in [-0.2, 0) is 19.1 Å². The van der Waals surface area contributed by atoms with Crippen LogP contribution in [0.15, 0.2) is 25.3 Å². The average molecular weight is 479 g/mol. The van der Waals surface area contributed by atoms with Crippen LogP contribution in [0, 0.1) is 17.8 Å². The van der Waals surface area contributed by atoms with E-state index in [-0.39, 0.29) is 48.7 Å². The molecule has 6 atom stereocenters. The van der Waals surface area contributed by atoms with Crippen LogP contribution in [0.3, 0.4) is 0 Å². The maximum absolute atomic E-state index is 14.1. The molecule has 3 rings (SSSR count). The second-order valence-corrected chi connectivity index (χ2v) is 11.9. The Bertz CT molecular complexity index is 809. The Morgan fingerprint density at radius 1 is 1.33 bits per heavy atom. The maximum Gasteiger partial charge on any atom is 0.310 e. The van der Waals surface area contributed by atoms with Crippen molar-refractivity contribution in [1.82, 2.24) is 9.80 Å². The molecule has 8 heteroatoms. The average Bonchev–Trinajstić information content (AvgIpc) is 3.33. The second-order valence-electron chi connectivity index (χ2n) is 10.3. The first-order chi connectivity index (χ1) is 15.6. The molecular weight excluding hydrogens is 440 g/mol. The Hall–Kier alpha value is -1.80. The van der Waals surface area contributed by atoms with Crippen molar-refractivity contribution in [3.8, 4) is 0 Å². The highest BCUT2D eigenvalue weighted by atomic mass is 32.2. The Morgan fingerprint density at radius 2 is 2.03 bits per heavy atom. The highest BCUT2D eigenvalue weighted by Crippen LogP contribution is 2.68. The molecule has 2 bridgehead atoms. The van der Waals surface area contributed by atoms with Crippen LogP contribution in [0.2, 0.25) is 0 Å². The zero-order valence-corrected chi connectivity index (χ0v) is 21.1. The number of hydrogen-bond donors (Lipinski definition) is 1. The minimum atomic E-state index is -0.684. The molecule has 184 valence electrons. The summed E-state index contributed by atoms with van der Waals surface area (Å²) >= 11 is 1.64. The molecule has 0 radical (unpaired) electrons. The van der Waals surface area contributed by atoms with Crippen molar-refractivity contribution in [3.05, 3.63) is 25.3 Å². The van der Waals surface area contributed by atoms with Gasteiger partial charge in [0.15, 0.2) is 0 Å². The molecular formula is C25H38N2O5S. The third kappa shape index (κ3) is 4.25. The van der Waals surface area contributed by atoms with Gasteiger partial charge in [0, 0.05) is 30.5 Å². The Balaban J connectivity index is 2.04. The van der Waals surface area contributed by atoms with Gasteiger partial charge >= 0.3 is 5.97 Å². The van der Waals surface area contributed by atoms with Crippen molar-refractivity contribution >= 4 is 29.5 Å². The summed E-state index contributed by atoms with van der Waals surface area (Å²) in [7, 11) is 0. The van der Waals surface area contributed by atoms with Gasteiger partial charge in [-0.3, -0.25) is 14.4 Å². The van der Waals surface area contributed by atoms with Crippen molar-refractivity contribution in [2.45, 2.75) is 68.5 Å². The van der Waals surface area contributed by atoms with Crippen molar-refractivity contribution < 1.29 is 24.2 Å². The molecule has 2 amide bonds. The van der Waals surface area contributed by atoms with E-state index >= 15 is 0 Å². The lowest BCUT2D eigenvalue weighted by molar-refractivity contribution is -0.154. The van der Waals surface area contributed by atoms with Gasteiger partial charge in [0.25, 0.3) is 0 Å². The fraction of sp³-hybridized carbons (Fsp3) is 0.720. The van der Waals surface area contributed by atoms with Crippen LogP contribution in [0.5, 0.6) is 0 Å². The quantitative estimate of drug-likeness (QED) is 0.295. The predicted octanol–water partition coefficient (Wildman–Crippen LogP) is 2.64. The summed E-state index contributed by atoms with van der Waals surface area (Å²) in [4.78, 5) is 44.5. The SMILES string of the molecule is C=CCCOC(=O)[C@@H]1[C@H]2C(=O)N(CCCO)C(C(=O)N(CC=C)C(C)(C)C)C23S[C@@H]1CC3C. The summed E-state index contributed by atoms with van der Waals surface area (Å²) < 4.78 is 4.84. The van der Waals surface area contributed by atoms with Gasteiger partial charge in [-0.1, -0.05) is 19.1 Å².